The molecule has 0 amide bonds. The second kappa shape index (κ2) is 5.56. The van der Waals surface area contributed by atoms with Crippen molar-refractivity contribution in [2.75, 3.05) is 6.61 Å². The van der Waals surface area contributed by atoms with Crippen molar-refractivity contribution in [3.8, 4) is 17.0 Å². The van der Waals surface area contributed by atoms with E-state index < -0.39 is 11.7 Å². The number of aromatic carboxylic acids is 1. The lowest BCUT2D eigenvalue weighted by Crippen LogP contribution is -2.18. The van der Waals surface area contributed by atoms with Crippen molar-refractivity contribution < 1.29 is 14.6 Å². The number of hydrogen-bond donors (Lipinski definition) is 2. The molecular weight excluding hydrogens is 260 g/mol. The normalized spacial score (nSPS) is 10.3. The van der Waals surface area contributed by atoms with Crippen LogP contribution in [0.25, 0.3) is 11.3 Å². The van der Waals surface area contributed by atoms with Gasteiger partial charge in [0.15, 0.2) is 0 Å². The maximum Gasteiger partial charge on any atom is 0.345 e. The summed E-state index contributed by atoms with van der Waals surface area (Å²) in [5, 5.41) is 9.25. The van der Waals surface area contributed by atoms with Crippen LogP contribution in [0.3, 0.4) is 0 Å². The zero-order chi connectivity index (χ0) is 14.7. The fraction of sp³-hybridized carbons (Fsp3) is 0.214. The Bertz CT molecular complexity index is 689. The van der Waals surface area contributed by atoms with Crippen LogP contribution in [0.5, 0.6) is 5.75 Å². The zero-order valence-electron chi connectivity index (χ0n) is 11.1. The highest BCUT2D eigenvalue weighted by Gasteiger charge is 2.17. The number of carbonyl (C=O) groups is 1. The number of aromatic nitrogens is 2. The van der Waals surface area contributed by atoms with Crippen LogP contribution in [-0.2, 0) is 0 Å². The van der Waals surface area contributed by atoms with Gasteiger partial charge in [0.05, 0.1) is 12.3 Å². The van der Waals surface area contributed by atoms with E-state index >= 15 is 0 Å². The summed E-state index contributed by atoms with van der Waals surface area (Å²) in [6.45, 7) is 3.95. The molecule has 1 heterocycles. The van der Waals surface area contributed by atoms with E-state index in [0.717, 1.165) is 0 Å². The third-order valence-electron chi connectivity index (χ3n) is 2.77. The topological polar surface area (TPSA) is 92.3 Å². The number of nitrogens with zero attached hydrogens (tertiary/aromatic N) is 1. The highest BCUT2D eigenvalue weighted by atomic mass is 16.5. The van der Waals surface area contributed by atoms with Gasteiger partial charge in [0.25, 0.3) is 0 Å². The Morgan fingerprint density at radius 1 is 1.35 bits per heavy atom. The molecule has 0 radical (unpaired) electrons. The highest BCUT2D eigenvalue weighted by Crippen LogP contribution is 2.24. The Hall–Kier alpha value is -2.63. The molecule has 0 fully saturated rings. The molecule has 0 aliphatic heterocycles. The lowest BCUT2D eigenvalue weighted by molar-refractivity contribution is 0.0696. The van der Waals surface area contributed by atoms with Crippen LogP contribution in [0.15, 0.2) is 29.1 Å². The van der Waals surface area contributed by atoms with E-state index in [2.05, 4.69) is 9.97 Å². The molecular formula is C14H14N2O4. The Kier molecular flexibility index (Phi) is 3.84. The summed E-state index contributed by atoms with van der Waals surface area (Å²) in [6.07, 6.45) is 0. The number of ether oxygens (including phenoxy) is 1. The molecule has 0 bridgehead atoms. The second-order valence-electron chi connectivity index (χ2n) is 4.15. The van der Waals surface area contributed by atoms with Crippen molar-refractivity contribution in [2.45, 2.75) is 13.8 Å². The van der Waals surface area contributed by atoms with Crippen LogP contribution in [0.4, 0.5) is 0 Å². The minimum absolute atomic E-state index is 0.00578. The standard InChI is InChI=1S/C14H14N2O4/c1-3-20-10-6-4-9(5-7-10)12-11(13(17)18)8(2)15-14(19)16-12/h4-7H,3H2,1-2H3,(H,17,18)(H,15,16,19). The number of H-pyrrole nitrogens is 1. The Morgan fingerprint density at radius 3 is 2.55 bits per heavy atom. The smallest absolute Gasteiger partial charge is 0.345 e. The molecule has 0 unspecified atom stereocenters. The van der Waals surface area contributed by atoms with Crippen LogP contribution >= 0.6 is 0 Å². The van der Waals surface area contributed by atoms with Crippen LogP contribution < -0.4 is 10.4 Å². The molecule has 0 saturated carbocycles. The molecule has 0 saturated heterocycles. The van der Waals surface area contributed by atoms with Gasteiger partial charge in [0.2, 0.25) is 0 Å². The van der Waals surface area contributed by atoms with E-state index in [1.807, 2.05) is 6.92 Å². The average molecular weight is 274 g/mol. The van der Waals surface area contributed by atoms with Gasteiger partial charge in [-0.2, -0.15) is 4.98 Å². The maximum absolute atomic E-state index is 11.4. The van der Waals surface area contributed by atoms with E-state index in [1.54, 1.807) is 24.3 Å². The monoisotopic (exact) mass is 274 g/mol. The molecule has 0 atom stereocenters. The predicted molar refractivity (Wildman–Crippen MR) is 73.2 cm³/mol. The Balaban J connectivity index is 2.56. The fourth-order valence-electron chi connectivity index (χ4n) is 1.93. The van der Waals surface area contributed by atoms with Gasteiger partial charge < -0.3 is 14.8 Å². The van der Waals surface area contributed by atoms with Gasteiger partial charge in [0.1, 0.15) is 11.3 Å². The number of carboxylic acids is 1. The van der Waals surface area contributed by atoms with Crippen molar-refractivity contribution >= 4 is 5.97 Å². The molecule has 0 aliphatic carbocycles. The lowest BCUT2D eigenvalue weighted by atomic mass is 10.0. The molecule has 2 rings (SSSR count). The van der Waals surface area contributed by atoms with Crippen LogP contribution in [-0.4, -0.2) is 27.7 Å². The molecule has 2 aromatic rings. The molecule has 1 aromatic carbocycles. The van der Waals surface area contributed by atoms with Crippen molar-refractivity contribution in [1.29, 1.82) is 0 Å². The van der Waals surface area contributed by atoms with Crippen LogP contribution in [0.2, 0.25) is 0 Å². The van der Waals surface area contributed by atoms with Gasteiger partial charge in [-0.05, 0) is 38.1 Å². The van der Waals surface area contributed by atoms with E-state index in [1.165, 1.54) is 6.92 Å². The van der Waals surface area contributed by atoms with Crippen LogP contribution in [0, 0.1) is 6.92 Å². The van der Waals surface area contributed by atoms with E-state index in [-0.39, 0.29) is 17.0 Å². The van der Waals surface area contributed by atoms with Crippen LogP contribution in [0.1, 0.15) is 23.0 Å². The summed E-state index contributed by atoms with van der Waals surface area (Å²) >= 11 is 0. The summed E-state index contributed by atoms with van der Waals surface area (Å²) in [5.41, 5.74) is 0.411. The summed E-state index contributed by atoms with van der Waals surface area (Å²) in [7, 11) is 0. The third kappa shape index (κ3) is 2.69. The number of aryl methyl sites for hydroxylation is 1. The van der Waals surface area contributed by atoms with Crippen molar-refractivity contribution in [2.24, 2.45) is 0 Å². The first kappa shape index (κ1) is 13.8. The van der Waals surface area contributed by atoms with Crippen molar-refractivity contribution in [3.63, 3.8) is 0 Å². The average Bonchev–Trinajstić information content (AvgIpc) is 2.38. The largest absolute Gasteiger partial charge is 0.494 e. The Labute approximate surface area is 115 Å². The highest BCUT2D eigenvalue weighted by molar-refractivity contribution is 5.95. The molecule has 0 aliphatic rings. The number of carboxylic acid groups (broad SMARTS) is 1. The quantitative estimate of drug-likeness (QED) is 0.887. The van der Waals surface area contributed by atoms with Crippen molar-refractivity contribution in [1.82, 2.24) is 9.97 Å². The lowest BCUT2D eigenvalue weighted by Gasteiger charge is -2.08. The van der Waals surface area contributed by atoms with Gasteiger partial charge >= 0.3 is 11.7 Å². The molecule has 6 heteroatoms. The minimum Gasteiger partial charge on any atom is -0.494 e. The number of rotatable bonds is 4. The molecule has 6 nitrogen and oxygen atoms in total. The third-order valence-corrected chi connectivity index (χ3v) is 2.77. The summed E-state index contributed by atoms with van der Waals surface area (Å²) in [5.74, 6) is -0.454. The first-order valence-electron chi connectivity index (χ1n) is 6.10. The van der Waals surface area contributed by atoms with Gasteiger partial charge in [-0.3, -0.25) is 0 Å². The van der Waals surface area contributed by atoms with Gasteiger partial charge in [-0.25, -0.2) is 9.59 Å². The molecule has 1 aromatic heterocycles. The number of hydrogen-bond acceptors (Lipinski definition) is 4. The summed E-state index contributed by atoms with van der Waals surface area (Å²) in [6, 6.07) is 6.78. The van der Waals surface area contributed by atoms with Gasteiger partial charge in [0, 0.05) is 11.3 Å². The number of benzene rings is 1. The number of aromatic amines is 1. The minimum atomic E-state index is -1.13. The molecule has 20 heavy (non-hydrogen) atoms. The molecule has 2 N–H and O–H groups in total. The number of nitrogens with one attached hydrogen (secondary N) is 1. The van der Waals surface area contributed by atoms with E-state index in [0.29, 0.717) is 17.9 Å². The SMILES string of the molecule is CCOc1ccc(-c2nc(=O)[nH]c(C)c2C(=O)O)cc1. The van der Waals surface area contributed by atoms with Gasteiger partial charge in [-0.1, -0.05) is 0 Å². The zero-order valence-corrected chi connectivity index (χ0v) is 11.1. The summed E-state index contributed by atoms with van der Waals surface area (Å²) < 4.78 is 5.32. The Morgan fingerprint density at radius 2 is 2.00 bits per heavy atom. The fourth-order valence-corrected chi connectivity index (χ4v) is 1.93. The maximum atomic E-state index is 11.4. The predicted octanol–water partition coefficient (Wildman–Crippen LogP) is 1.84. The van der Waals surface area contributed by atoms with E-state index in [4.69, 9.17) is 4.74 Å². The van der Waals surface area contributed by atoms with Gasteiger partial charge in [-0.15, -0.1) is 0 Å². The first-order valence-corrected chi connectivity index (χ1v) is 6.10. The summed E-state index contributed by atoms with van der Waals surface area (Å²) in [4.78, 5) is 28.9. The first-order chi connectivity index (χ1) is 9.52. The second-order valence-corrected chi connectivity index (χ2v) is 4.15. The molecule has 0 spiro atoms. The molecule has 104 valence electrons. The van der Waals surface area contributed by atoms with Crippen molar-refractivity contribution in [3.05, 3.63) is 46.0 Å². The van der Waals surface area contributed by atoms with E-state index in [9.17, 15) is 14.7 Å².